The summed E-state index contributed by atoms with van der Waals surface area (Å²) < 4.78 is 54.5. The van der Waals surface area contributed by atoms with Crippen molar-refractivity contribution in [2.24, 2.45) is 0 Å². The summed E-state index contributed by atoms with van der Waals surface area (Å²) in [5.41, 5.74) is -0.577. The fourth-order valence-corrected chi connectivity index (χ4v) is 2.03. The van der Waals surface area contributed by atoms with Gasteiger partial charge in [-0.15, -0.1) is 0 Å². The third-order valence-corrected chi connectivity index (χ3v) is 3.26. The van der Waals surface area contributed by atoms with Crippen LogP contribution in [0.15, 0.2) is 36.4 Å². The van der Waals surface area contributed by atoms with Crippen LogP contribution in [0.5, 0.6) is 5.75 Å². The number of ether oxygens (including phenoxy) is 1. The molecule has 0 fully saturated rings. The summed E-state index contributed by atoms with van der Waals surface area (Å²) in [4.78, 5) is 22.6. The maximum absolute atomic E-state index is 13.3. The van der Waals surface area contributed by atoms with Crippen LogP contribution in [0.4, 0.5) is 28.9 Å². The Kier molecular flexibility index (Phi) is 5.44. The molecule has 1 amide bonds. The zero-order valence-corrected chi connectivity index (χ0v) is 13.3. The van der Waals surface area contributed by atoms with Crippen molar-refractivity contribution in [2.45, 2.75) is 13.1 Å². The van der Waals surface area contributed by atoms with Crippen molar-refractivity contribution < 1.29 is 32.0 Å². The lowest BCUT2D eigenvalue weighted by atomic mass is 10.1. The molecule has 1 N–H and O–H groups in total. The van der Waals surface area contributed by atoms with E-state index in [-0.39, 0.29) is 11.4 Å². The molecular formula is C16H12F4N2O4. The zero-order valence-electron chi connectivity index (χ0n) is 13.3. The minimum atomic E-state index is -4.61. The van der Waals surface area contributed by atoms with E-state index in [1.165, 1.54) is 12.1 Å². The monoisotopic (exact) mass is 372 g/mol. The quantitative estimate of drug-likeness (QED) is 0.484. The molecule has 0 aliphatic carbocycles. The van der Waals surface area contributed by atoms with Gasteiger partial charge < -0.3 is 10.1 Å². The first-order valence-corrected chi connectivity index (χ1v) is 7.12. The van der Waals surface area contributed by atoms with Crippen LogP contribution in [0.1, 0.15) is 15.9 Å². The zero-order chi connectivity index (χ0) is 19.5. The summed E-state index contributed by atoms with van der Waals surface area (Å²) in [6.07, 6.45) is -4.61. The van der Waals surface area contributed by atoms with Gasteiger partial charge in [0.2, 0.25) is 0 Å². The number of nitro groups is 1. The van der Waals surface area contributed by atoms with E-state index in [0.29, 0.717) is 5.56 Å². The number of nitrogens with zero attached hydrogens (tertiary/aromatic N) is 1. The fraction of sp³-hybridized carbons (Fsp3) is 0.188. The van der Waals surface area contributed by atoms with Crippen LogP contribution in [0.25, 0.3) is 0 Å². The number of alkyl halides is 3. The van der Waals surface area contributed by atoms with Gasteiger partial charge in [0.25, 0.3) is 11.6 Å². The van der Waals surface area contributed by atoms with Crippen molar-refractivity contribution >= 4 is 17.3 Å². The Morgan fingerprint density at radius 1 is 1.23 bits per heavy atom. The topological polar surface area (TPSA) is 81.5 Å². The molecule has 2 rings (SSSR count). The Labute approximate surface area is 144 Å². The van der Waals surface area contributed by atoms with Crippen molar-refractivity contribution in [3.63, 3.8) is 0 Å². The number of benzene rings is 2. The van der Waals surface area contributed by atoms with Crippen molar-refractivity contribution in [3.8, 4) is 5.75 Å². The molecule has 0 aromatic heterocycles. The molecule has 0 unspecified atom stereocenters. The highest BCUT2D eigenvalue weighted by Gasteiger charge is 2.29. The molecule has 0 aliphatic rings. The highest BCUT2D eigenvalue weighted by Crippen LogP contribution is 2.27. The first-order valence-electron chi connectivity index (χ1n) is 7.12. The van der Waals surface area contributed by atoms with Gasteiger partial charge >= 0.3 is 6.18 Å². The molecule has 26 heavy (non-hydrogen) atoms. The molecule has 6 nitrogen and oxygen atoms in total. The van der Waals surface area contributed by atoms with E-state index in [1.807, 2.05) is 0 Å². The minimum Gasteiger partial charge on any atom is -0.484 e. The van der Waals surface area contributed by atoms with Gasteiger partial charge in [-0.1, -0.05) is 6.07 Å². The molecule has 138 valence electrons. The Balaban J connectivity index is 2.33. The molecular weight excluding hydrogens is 360 g/mol. The molecule has 0 radical (unpaired) electrons. The lowest BCUT2D eigenvalue weighted by Gasteiger charge is -2.12. The summed E-state index contributed by atoms with van der Waals surface area (Å²) in [5.74, 6) is -1.99. The number of nitrogens with one attached hydrogen (secondary N) is 1. The van der Waals surface area contributed by atoms with Crippen molar-refractivity contribution in [3.05, 3.63) is 63.5 Å². The van der Waals surface area contributed by atoms with Gasteiger partial charge in [0.1, 0.15) is 17.1 Å². The van der Waals surface area contributed by atoms with E-state index < -0.39 is 40.7 Å². The largest absolute Gasteiger partial charge is 0.484 e. The maximum atomic E-state index is 13.3. The molecule has 0 spiro atoms. The maximum Gasteiger partial charge on any atom is 0.422 e. The van der Waals surface area contributed by atoms with Gasteiger partial charge in [-0.3, -0.25) is 14.9 Å². The van der Waals surface area contributed by atoms with Crippen LogP contribution in [0.2, 0.25) is 0 Å². The van der Waals surface area contributed by atoms with Gasteiger partial charge in [0.15, 0.2) is 6.61 Å². The molecule has 2 aromatic carbocycles. The van der Waals surface area contributed by atoms with Crippen LogP contribution < -0.4 is 10.1 Å². The molecule has 0 bridgehead atoms. The first kappa shape index (κ1) is 19.2. The highest BCUT2D eigenvalue weighted by molar-refractivity contribution is 6.07. The Morgan fingerprint density at radius 2 is 1.92 bits per heavy atom. The Hall–Kier alpha value is -3.17. The number of hydrogen-bond donors (Lipinski definition) is 1. The molecule has 0 aliphatic heterocycles. The summed E-state index contributed by atoms with van der Waals surface area (Å²) in [7, 11) is 0. The van der Waals surface area contributed by atoms with Gasteiger partial charge in [-0.05, 0) is 36.8 Å². The smallest absolute Gasteiger partial charge is 0.422 e. The standard InChI is InChI=1S/C16H12F4N2O4/c1-9-2-3-10(17)6-13(9)21-15(23)12-7-11(26-8-16(18,19)20)4-5-14(12)22(24)25/h2-7H,8H2,1H3,(H,21,23). The van der Waals surface area contributed by atoms with E-state index in [0.717, 1.165) is 24.3 Å². The van der Waals surface area contributed by atoms with E-state index in [4.69, 9.17) is 0 Å². The van der Waals surface area contributed by atoms with Gasteiger partial charge in [0, 0.05) is 11.8 Å². The number of aryl methyl sites for hydroxylation is 1. The SMILES string of the molecule is Cc1ccc(F)cc1NC(=O)c1cc(OCC(F)(F)F)ccc1[N+](=O)[O-]. The number of amides is 1. The van der Waals surface area contributed by atoms with Crippen molar-refractivity contribution in [1.29, 1.82) is 0 Å². The highest BCUT2D eigenvalue weighted by atomic mass is 19.4. The van der Waals surface area contributed by atoms with Crippen LogP contribution in [-0.2, 0) is 0 Å². The number of nitro benzene ring substituents is 1. The molecule has 10 heteroatoms. The van der Waals surface area contributed by atoms with E-state index in [1.54, 1.807) is 6.92 Å². The lowest BCUT2D eigenvalue weighted by molar-refractivity contribution is -0.385. The number of anilines is 1. The second kappa shape index (κ2) is 7.38. The summed E-state index contributed by atoms with van der Waals surface area (Å²) >= 11 is 0. The third kappa shape index (κ3) is 4.91. The van der Waals surface area contributed by atoms with Crippen molar-refractivity contribution in [2.75, 3.05) is 11.9 Å². The second-order valence-corrected chi connectivity index (χ2v) is 5.25. The predicted octanol–water partition coefficient (Wildman–Crippen LogP) is 4.24. The summed E-state index contributed by atoms with van der Waals surface area (Å²) in [6, 6.07) is 6.21. The summed E-state index contributed by atoms with van der Waals surface area (Å²) in [6.45, 7) is -0.0405. The van der Waals surface area contributed by atoms with Crippen LogP contribution >= 0.6 is 0 Å². The van der Waals surface area contributed by atoms with Gasteiger partial charge in [-0.2, -0.15) is 13.2 Å². The molecule has 0 saturated heterocycles. The fourth-order valence-electron chi connectivity index (χ4n) is 2.03. The predicted molar refractivity (Wildman–Crippen MR) is 83.7 cm³/mol. The summed E-state index contributed by atoms with van der Waals surface area (Å²) in [5, 5.41) is 13.4. The lowest BCUT2D eigenvalue weighted by Crippen LogP contribution is -2.20. The Bertz CT molecular complexity index is 853. The van der Waals surface area contributed by atoms with E-state index >= 15 is 0 Å². The van der Waals surface area contributed by atoms with E-state index in [2.05, 4.69) is 10.1 Å². The van der Waals surface area contributed by atoms with Crippen LogP contribution in [-0.4, -0.2) is 23.6 Å². The first-order chi connectivity index (χ1) is 12.1. The van der Waals surface area contributed by atoms with Gasteiger partial charge in [-0.25, -0.2) is 4.39 Å². The molecule has 0 saturated carbocycles. The van der Waals surface area contributed by atoms with Crippen molar-refractivity contribution in [1.82, 2.24) is 0 Å². The third-order valence-electron chi connectivity index (χ3n) is 3.26. The number of carbonyl (C=O) groups is 1. The Morgan fingerprint density at radius 3 is 2.54 bits per heavy atom. The normalized spacial score (nSPS) is 11.1. The van der Waals surface area contributed by atoms with Crippen LogP contribution in [0.3, 0.4) is 0 Å². The van der Waals surface area contributed by atoms with Crippen LogP contribution in [0, 0.1) is 22.9 Å². The molecule has 0 heterocycles. The second-order valence-electron chi connectivity index (χ2n) is 5.25. The number of carbonyl (C=O) groups excluding carboxylic acids is 1. The number of halogens is 4. The minimum absolute atomic E-state index is 0.0749. The average Bonchev–Trinajstić information content (AvgIpc) is 2.55. The van der Waals surface area contributed by atoms with E-state index in [9.17, 15) is 32.5 Å². The number of rotatable bonds is 5. The number of hydrogen-bond acceptors (Lipinski definition) is 4. The average molecular weight is 372 g/mol. The van der Waals surface area contributed by atoms with Gasteiger partial charge in [0.05, 0.1) is 4.92 Å². The molecule has 0 atom stereocenters. The molecule has 2 aromatic rings.